The molecule has 1 saturated heterocycles. The Morgan fingerprint density at radius 1 is 1.16 bits per heavy atom. The predicted molar refractivity (Wildman–Crippen MR) is 116 cm³/mol. The molecule has 1 fully saturated rings. The van der Waals surface area contributed by atoms with E-state index in [4.69, 9.17) is 9.15 Å². The van der Waals surface area contributed by atoms with Crippen molar-refractivity contribution in [2.24, 2.45) is 0 Å². The third-order valence-corrected chi connectivity index (χ3v) is 5.73. The number of carbonyl (C=O) groups is 1. The van der Waals surface area contributed by atoms with Gasteiger partial charge in [0.05, 0.1) is 11.8 Å². The third-order valence-electron chi connectivity index (χ3n) is 5.73. The van der Waals surface area contributed by atoms with Gasteiger partial charge in [0.15, 0.2) is 11.7 Å². The first kappa shape index (κ1) is 22.0. The van der Waals surface area contributed by atoms with Crippen molar-refractivity contribution < 1.29 is 22.7 Å². The SMILES string of the molecule is Cc1ccc(C)c(OC2CCN(C(=O)CCc3ncc(-c4ccc(F)cc4F)o3)CC2)c1. The molecule has 2 heterocycles. The summed E-state index contributed by atoms with van der Waals surface area (Å²) in [7, 11) is 0. The lowest BCUT2D eigenvalue weighted by molar-refractivity contribution is -0.133. The summed E-state index contributed by atoms with van der Waals surface area (Å²) in [4.78, 5) is 18.6. The predicted octanol–water partition coefficient (Wildman–Crippen LogP) is 5.24. The maximum absolute atomic E-state index is 13.9. The molecule has 4 rings (SSSR count). The number of nitrogens with zero attached hydrogens (tertiary/aromatic N) is 2. The van der Waals surface area contributed by atoms with Crippen molar-refractivity contribution in [2.45, 2.75) is 45.6 Å². The number of carbonyl (C=O) groups excluding carboxylic acids is 1. The Labute approximate surface area is 186 Å². The minimum atomic E-state index is -0.713. The van der Waals surface area contributed by atoms with Crippen LogP contribution in [0.3, 0.4) is 0 Å². The van der Waals surface area contributed by atoms with Crippen LogP contribution in [0, 0.1) is 25.5 Å². The van der Waals surface area contributed by atoms with E-state index < -0.39 is 11.6 Å². The summed E-state index contributed by atoms with van der Waals surface area (Å²) in [6.07, 6.45) is 3.64. The minimum Gasteiger partial charge on any atom is -0.490 e. The quantitative estimate of drug-likeness (QED) is 0.526. The molecule has 2 aromatic carbocycles. The summed E-state index contributed by atoms with van der Waals surface area (Å²) in [6, 6.07) is 9.45. The zero-order chi connectivity index (χ0) is 22.7. The van der Waals surface area contributed by atoms with E-state index in [1.807, 2.05) is 18.7 Å². The lowest BCUT2D eigenvalue weighted by Crippen LogP contribution is -2.41. The van der Waals surface area contributed by atoms with Crippen LogP contribution in [-0.4, -0.2) is 35.0 Å². The molecule has 0 aliphatic carbocycles. The van der Waals surface area contributed by atoms with Crippen LogP contribution < -0.4 is 4.74 Å². The standard InChI is InChI=1S/C25H26F2N2O3/c1-16-3-4-17(2)22(13-16)31-19-9-11-29(12-10-19)25(30)8-7-24-28-15-23(32-24)20-6-5-18(26)14-21(20)27/h3-6,13-15,19H,7-12H2,1-2H3. The Bertz CT molecular complexity index is 1100. The molecule has 7 heteroatoms. The highest BCUT2D eigenvalue weighted by molar-refractivity contribution is 5.76. The van der Waals surface area contributed by atoms with Crippen LogP contribution >= 0.6 is 0 Å². The second-order valence-corrected chi connectivity index (χ2v) is 8.21. The number of benzene rings is 2. The second-order valence-electron chi connectivity index (χ2n) is 8.21. The lowest BCUT2D eigenvalue weighted by Gasteiger charge is -2.32. The molecule has 0 spiro atoms. The lowest BCUT2D eigenvalue weighted by atomic mass is 10.1. The summed E-state index contributed by atoms with van der Waals surface area (Å²) in [5.74, 6) is 0.143. The molecule has 0 radical (unpaired) electrons. The first-order chi connectivity index (χ1) is 15.4. The van der Waals surface area contributed by atoms with Gasteiger partial charge in [-0.15, -0.1) is 0 Å². The van der Waals surface area contributed by atoms with Crippen molar-refractivity contribution in [3.05, 3.63) is 71.2 Å². The van der Waals surface area contributed by atoms with Gasteiger partial charge in [-0.2, -0.15) is 0 Å². The van der Waals surface area contributed by atoms with Gasteiger partial charge in [-0.25, -0.2) is 13.8 Å². The number of ether oxygens (including phenoxy) is 1. The Morgan fingerprint density at radius 3 is 2.69 bits per heavy atom. The van der Waals surface area contributed by atoms with Crippen LogP contribution in [0.25, 0.3) is 11.3 Å². The van der Waals surface area contributed by atoms with E-state index in [1.54, 1.807) is 0 Å². The molecule has 0 atom stereocenters. The van der Waals surface area contributed by atoms with Gasteiger partial charge < -0.3 is 14.1 Å². The highest BCUT2D eigenvalue weighted by Crippen LogP contribution is 2.26. The Balaban J connectivity index is 1.27. The third kappa shape index (κ3) is 5.15. The molecular formula is C25H26F2N2O3. The fraction of sp³-hybridized carbons (Fsp3) is 0.360. The zero-order valence-electron chi connectivity index (χ0n) is 18.2. The number of aromatic nitrogens is 1. The highest BCUT2D eigenvalue weighted by atomic mass is 19.1. The molecule has 1 aromatic heterocycles. The van der Waals surface area contributed by atoms with E-state index in [9.17, 15) is 13.6 Å². The van der Waals surface area contributed by atoms with Crippen LogP contribution in [0.5, 0.6) is 5.75 Å². The molecule has 1 aliphatic rings. The van der Waals surface area contributed by atoms with Crippen molar-refractivity contribution in [3.63, 3.8) is 0 Å². The average molecular weight is 440 g/mol. The smallest absolute Gasteiger partial charge is 0.223 e. The number of likely N-dealkylation sites (tertiary alicyclic amines) is 1. The van der Waals surface area contributed by atoms with Crippen LogP contribution in [0.15, 0.2) is 47.0 Å². The molecule has 168 valence electrons. The van der Waals surface area contributed by atoms with E-state index in [0.717, 1.165) is 41.9 Å². The summed E-state index contributed by atoms with van der Waals surface area (Å²) >= 11 is 0. The van der Waals surface area contributed by atoms with Gasteiger partial charge in [0, 0.05) is 44.8 Å². The van der Waals surface area contributed by atoms with Gasteiger partial charge in [-0.3, -0.25) is 4.79 Å². The van der Waals surface area contributed by atoms with Gasteiger partial charge >= 0.3 is 0 Å². The van der Waals surface area contributed by atoms with Gasteiger partial charge in [-0.1, -0.05) is 12.1 Å². The fourth-order valence-electron chi connectivity index (χ4n) is 3.85. The topological polar surface area (TPSA) is 55.6 Å². The number of rotatable bonds is 6. The summed E-state index contributed by atoms with van der Waals surface area (Å²) in [6.45, 7) is 5.37. The van der Waals surface area contributed by atoms with Gasteiger partial charge in [-0.05, 0) is 43.2 Å². The molecule has 1 aliphatic heterocycles. The zero-order valence-corrected chi connectivity index (χ0v) is 18.2. The van der Waals surface area contributed by atoms with Crippen molar-refractivity contribution in [2.75, 3.05) is 13.1 Å². The molecule has 3 aromatic rings. The van der Waals surface area contributed by atoms with Crippen LogP contribution in [0.2, 0.25) is 0 Å². The molecule has 5 nitrogen and oxygen atoms in total. The second kappa shape index (κ2) is 9.51. The molecule has 0 saturated carbocycles. The molecule has 0 unspecified atom stereocenters. The molecular weight excluding hydrogens is 414 g/mol. The first-order valence-electron chi connectivity index (χ1n) is 10.8. The number of oxazole rings is 1. The van der Waals surface area contributed by atoms with Crippen molar-refractivity contribution >= 4 is 5.91 Å². The molecule has 1 amide bonds. The van der Waals surface area contributed by atoms with E-state index in [-0.39, 0.29) is 29.8 Å². The number of piperidine rings is 1. The largest absolute Gasteiger partial charge is 0.490 e. The number of halogens is 2. The van der Waals surface area contributed by atoms with E-state index >= 15 is 0 Å². The number of aryl methyl sites for hydroxylation is 3. The maximum Gasteiger partial charge on any atom is 0.223 e. The normalized spacial score (nSPS) is 14.6. The van der Waals surface area contributed by atoms with E-state index in [0.29, 0.717) is 25.4 Å². The van der Waals surface area contributed by atoms with E-state index in [2.05, 4.69) is 23.2 Å². The van der Waals surface area contributed by atoms with Crippen molar-refractivity contribution in [1.82, 2.24) is 9.88 Å². The maximum atomic E-state index is 13.9. The molecule has 0 N–H and O–H groups in total. The summed E-state index contributed by atoms with van der Waals surface area (Å²) in [5.41, 5.74) is 2.41. The van der Waals surface area contributed by atoms with Crippen LogP contribution in [-0.2, 0) is 11.2 Å². The van der Waals surface area contributed by atoms with Gasteiger partial charge in [0.2, 0.25) is 5.91 Å². The monoisotopic (exact) mass is 440 g/mol. The first-order valence-corrected chi connectivity index (χ1v) is 10.8. The van der Waals surface area contributed by atoms with Crippen LogP contribution in [0.4, 0.5) is 8.78 Å². The summed E-state index contributed by atoms with van der Waals surface area (Å²) < 4.78 is 38.7. The van der Waals surface area contributed by atoms with Gasteiger partial charge in [0.25, 0.3) is 0 Å². The summed E-state index contributed by atoms with van der Waals surface area (Å²) in [5, 5.41) is 0. The van der Waals surface area contributed by atoms with Gasteiger partial charge in [0.1, 0.15) is 23.5 Å². The Hall–Kier alpha value is -3.22. The minimum absolute atomic E-state index is 0.0305. The molecule has 32 heavy (non-hydrogen) atoms. The van der Waals surface area contributed by atoms with Crippen LogP contribution in [0.1, 0.15) is 36.3 Å². The average Bonchev–Trinajstić information content (AvgIpc) is 3.24. The highest BCUT2D eigenvalue weighted by Gasteiger charge is 2.24. The Kier molecular flexibility index (Phi) is 6.53. The number of amides is 1. The number of hydrogen-bond donors (Lipinski definition) is 0. The van der Waals surface area contributed by atoms with Crippen molar-refractivity contribution in [1.29, 1.82) is 0 Å². The van der Waals surface area contributed by atoms with E-state index in [1.165, 1.54) is 12.3 Å². The fourth-order valence-corrected chi connectivity index (χ4v) is 3.85. The molecule has 0 bridgehead atoms. The van der Waals surface area contributed by atoms with Crippen molar-refractivity contribution in [3.8, 4) is 17.1 Å². The number of hydrogen-bond acceptors (Lipinski definition) is 4. The Morgan fingerprint density at radius 2 is 1.94 bits per heavy atom.